The molecule has 118 valence electrons. The lowest BCUT2D eigenvalue weighted by Gasteiger charge is -2.27. The van der Waals surface area contributed by atoms with E-state index in [9.17, 15) is 13.5 Å². The molecule has 1 aromatic carbocycles. The Hall–Kier alpha value is -2.00. The predicted molar refractivity (Wildman–Crippen MR) is 80.0 cm³/mol. The lowest BCUT2D eigenvalue weighted by atomic mass is 9.97. The third-order valence-corrected chi connectivity index (χ3v) is 5.67. The zero-order chi connectivity index (χ0) is 15.6. The number of nitrogens with one attached hydrogen (secondary N) is 1. The summed E-state index contributed by atoms with van der Waals surface area (Å²) in [6.45, 7) is 0. The SMILES string of the molecule is O=S(=O)(Nc1ccc(-n2cnnn2)cc1)C1CCCCC1O. The van der Waals surface area contributed by atoms with E-state index in [0.29, 0.717) is 18.5 Å². The normalized spacial score (nSPS) is 22.4. The third-order valence-electron chi connectivity index (χ3n) is 3.81. The molecule has 9 heteroatoms. The van der Waals surface area contributed by atoms with E-state index >= 15 is 0 Å². The second-order valence-electron chi connectivity index (χ2n) is 5.34. The van der Waals surface area contributed by atoms with Crippen LogP contribution in [0.1, 0.15) is 25.7 Å². The highest BCUT2D eigenvalue weighted by Gasteiger charge is 2.34. The lowest BCUT2D eigenvalue weighted by molar-refractivity contribution is 0.133. The van der Waals surface area contributed by atoms with Crippen molar-refractivity contribution in [1.29, 1.82) is 0 Å². The molecule has 0 radical (unpaired) electrons. The van der Waals surface area contributed by atoms with Crippen molar-refractivity contribution >= 4 is 15.7 Å². The molecule has 2 N–H and O–H groups in total. The zero-order valence-corrected chi connectivity index (χ0v) is 12.6. The van der Waals surface area contributed by atoms with Crippen LogP contribution in [0.3, 0.4) is 0 Å². The molecule has 0 bridgehead atoms. The van der Waals surface area contributed by atoms with Crippen LogP contribution in [-0.4, -0.2) is 45.1 Å². The fourth-order valence-electron chi connectivity index (χ4n) is 2.64. The molecular weight excluding hydrogens is 306 g/mol. The van der Waals surface area contributed by atoms with E-state index in [2.05, 4.69) is 20.2 Å². The summed E-state index contributed by atoms with van der Waals surface area (Å²) in [6, 6.07) is 6.71. The average molecular weight is 323 g/mol. The molecule has 1 heterocycles. The smallest absolute Gasteiger partial charge is 0.238 e. The number of aromatic nitrogens is 4. The van der Waals surface area contributed by atoms with Gasteiger partial charge in [0.2, 0.25) is 10.0 Å². The van der Waals surface area contributed by atoms with E-state index in [0.717, 1.165) is 18.5 Å². The van der Waals surface area contributed by atoms with Crippen molar-refractivity contribution in [2.45, 2.75) is 37.0 Å². The Kier molecular flexibility index (Phi) is 4.08. The molecule has 0 amide bonds. The molecule has 2 aromatic rings. The summed E-state index contributed by atoms with van der Waals surface area (Å²) in [5.74, 6) is 0. The van der Waals surface area contributed by atoms with Gasteiger partial charge in [0.05, 0.1) is 11.8 Å². The van der Waals surface area contributed by atoms with Crippen LogP contribution in [0.25, 0.3) is 5.69 Å². The third kappa shape index (κ3) is 3.09. The van der Waals surface area contributed by atoms with Crippen LogP contribution in [0, 0.1) is 0 Å². The number of hydrogen-bond acceptors (Lipinski definition) is 6. The Morgan fingerprint density at radius 1 is 1.18 bits per heavy atom. The minimum atomic E-state index is -3.60. The number of hydrogen-bond donors (Lipinski definition) is 2. The van der Waals surface area contributed by atoms with E-state index in [4.69, 9.17) is 0 Å². The van der Waals surface area contributed by atoms with Crippen LogP contribution in [0.4, 0.5) is 5.69 Å². The molecule has 0 spiro atoms. The highest BCUT2D eigenvalue weighted by atomic mass is 32.2. The topological polar surface area (TPSA) is 110 Å². The number of benzene rings is 1. The van der Waals surface area contributed by atoms with Gasteiger partial charge in [-0.25, -0.2) is 13.1 Å². The van der Waals surface area contributed by atoms with Gasteiger partial charge in [-0.2, -0.15) is 0 Å². The molecule has 22 heavy (non-hydrogen) atoms. The Labute approximate surface area is 128 Å². The highest BCUT2D eigenvalue weighted by Crippen LogP contribution is 2.26. The van der Waals surface area contributed by atoms with Gasteiger partial charge in [0.1, 0.15) is 11.6 Å². The van der Waals surface area contributed by atoms with Crippen molar-refractivity contribution in [2.75, 3.05) is 4.72 Å². The molecule has 1 aromatic heterocycles. The molecule has 2 atom stereocenters. The van der Waals surface area contributed by atoms with Crippen molar-refractivity contribution in [3.05, 3.63) is 30.6 Å². The molecular formula is C13H17N5O3S. The first-order chi connectivity index (χ1) is 10.6. The van der Waals surface area contributed by atoms with Crippen LogP contribution in [0.5, 0.6) is 0 Å². The first-order valence-corrected chi connectivity index (χ1v) is 8.64. The minimum absolute atomic E-state index is 0.453. The van der Waals surface area contributed by atoms with Crippen molar-refractivity contribution in [3.63, 3.8) is 0 Å². The summed E-state index contributed by atoms with van der Waals surface area (Å²) >= 11 is 0. The van der Waals surface area contributed by atoms with Gasteiger partial charge in [0.25, 0.3) is 0 Å². The monoisotopic (exact) mass is 323 g/mol. The van der Waals surface area contributed by atoms with Gasteiger partial charge < -0.3 is 5.11 Å². The fourth-order valence-corrected chi connectivity index (χ4v) is 4.28. The standard InChI is InChI=1S/C13H17N5O3S/c19-12-3-1-2-4-13(12)22(20,21)15-10-5-7-11(8-6-10)18-9-14-16-17-18/h5-9,12-13,15,19H,1-4H2. The number of aliphatic hydroxyl groups is 1. The zero-order valence-electron chi connectivity index (χ0n) is 11.8. The summed E-state index contributed by atoms with van der Waals surface area (Å²) in [5.41, 5.74) is 1.18. The Morgan fingerprint density at radius 3 is 2.55 bits per heavy atom. The van der Waals surface area contributed by atoms with E-state index in [-0.39, 0.29) is 0 Å². The fraction of sp³-hybridized carbons (Fsp3) is 0.462. The Bertz CT molecular complexity index is 715. The van der Waals surface area contributed by atoms with Crippen LogP contribution < -0.4 is 4.72 Å². The summed E-state index contributed by atoms with van der Waals surface area (Å²) in [6.07, 6.45) is 3.36. The van der Waals surface area contributed by atoms with Crippen LogP contribution in [0.15, 0.2) is 30.6 Å². The quantitative estimate of drug-likeness (QED) is 0.857. The molecule has 0 saturated heterocycles. The maximum Gasteiger partial charge on any atom is 0.238 e. The number of tetrazole rings is 1. The van der Waals surface area contributed by atoms with Crippen LogP contribution >= 0.6 is 0 Å². The predicted octanol–water partition coefficient (Wildman–Crippen LogP) is 0.707. The van der Waals surface area contributed by atoms with E-state index in [1.165, 1.54) is 11.0 Å². The largest absolute Gasteiger partial charge is 0.392 e. The van der Waals surface area contributed by atoms with Gasteiger partial charge in [0, 0.05) is 5.69 Å². The van der Waals surface area contributed by atoms with Gasteiger partial charge in [-0.15, -0.1) is 5.10 Å². The minimum Gasteiger partial charge on any atom is -0.392 e. The van der Waals surface area contributed by atoms with Gasteiger partial charge in [0.15, 0.2) is 0 Å². The lowest BCUT2D eigenvalue weighted by Crippen LogP contribution is -2.40. The van der Waals surface area contributed by atoms with Crippen LogP contribution in [0.2, 0.25) is 0 Å². The number of sulfonamides is 1. The van der Waals surface area contributed by atoms with Crippen molar-refractivity contribution in [1.82, 2.24) is 20.2 Å². The maximum absolute atomic E-state index is 12.4. The number of anilines is 1. The Balaban J connectivity index is 1.75. The average Bonchev–Trinajstić information content (AvgIpc) is 3.02. The molecule has 3 rings (SSSR count). The van der Waals surface area contributed by atoms with Crippen molar-refractivity contribution in [3.8, 4) is 5.69 Å². The molecule has 8 nitrogen and oxygen atoms in total. The molecule has 1 aliphatic rings. The van der Waals surface area contributed by atoms with Crippen LogP contribution in [-0.2, 0) is 10.0 Å². The molecule has 1 saturated carbocycles. The summed E-state index contributed by atoms with van der Waals surface area (Å²) in [7, 11) is -3.60. The van der Waals surface area contributed by atoms with E-state index in [1.54, 1.807) is 24.3 Å². The molecule has 2 unspecified atom stereocenters. The first kappa shape index (κ1) is 14.9. The second kappa shape index (κ2) is 6.01. The van der Waals surface area contributed by atoms with E-state index < -0.39 is 21.4 Å². The summed E-state index contributed by atoms with van der Waals surface area (Å²) in [5, 5.41) is 20.0. The van der Waals surface area contributed by atoms with Crippen molar-refractivity contribution < 1.29 is 13.5 Å². The Morgan fingerprint density at radius 2 is 1.91 bits per heavy atom. The molecule has 0 aliphatic heterocycles. The van der Waals surface area contributed by atoms with Gasteiger partial charge in [-0.05, 0) is 47.5 Å². The summed E-state index contributed by atoms with van der Waals surface area (Å²) < 4.78 is 28.8. The first-order valence-electron chi connectivity index (χ1n) is 7.09. The van der Waals surface area contributed by atoms with Gasteiger partial charge >= 0.3 is 0 Å². The van der Waals surface area contributed by atoms with Gasteiger partial charge in [-0.3, -0.25) is 4.72 Å². The highest BCUT2D eigenvalue weighted by molar-refractivity contribution is 7.93. The van der Waals surface area contributed by atoms with Crippen molar-refractivity contribution in [2.24, 2.45) is 0 Å². The van der Waals surface area contributed by atoms with E-state index in [1.807, 2.05) is 0 Å². The maximum atomic E-state index is 12.4. The summed E-state index contributed by atoms with van der Waals surface area (Å²) in [4.78, 5) is 0. The second-order valence-corrected chi connectivity index (χ2v) is 7.24. The number of aliphatic hydroxyl groups excluding tert-OH is 1. The number of rotatable bonds is 4. The molecule has 1 fully saturated rings. The van der Waals surface area contributed by atoms with Gasteiger partial charge in [-0.1, -0.05) is 12.8 Å². The molecule has 1 aliphatic carbocycles. The number of nitrogens with zero attached hydrogens (tertiary/aromatic N) is 4.